The molecule has 0 spiro atoms. The number of hydrogen-bond acceptors (Lipinski definition) is 2. The number of nitrogens with zero attached hydrogens (tertiary/aromatic N) is 2. The first-order chi connectivity index (χ1) is 6.20. The second-order valence-corrected chi connectivity index (χ2v) is 3.52. The van der Waals surface area contributed by atoms with Crippen molar-refractivity contribution >= 4 is 27.5 Å². The van der Waals surface area contributed by atoms with E-state index in [1.165, 1.54) is 0 Å². The van der Waals surface area contributed by atoms with E-state index in [1.54, 1.807) is 12.1 Å². The van der Waals surface area contributed by atoms with Crippen molar-refractivity contribution in [2.45, 2.75) is 6.42 Å². The monoisotopic (exact) mass is 254 g/mol. The molecule has 13 heavy (non-hydrogen) atoms. The minimum atomic E-state index is 0.253. The summed E-state index contributed by atoms with van der Waals surface area (Å²) in [5, 5.41) is 17.6. The molecule has 0 saturated carbocycles. The molecule has 0 saturated heterocycles. The molecule has 0 aliphatic carbocycles. The number of benzene rings is 1. The Morgan fingerprint density at radius 3 is 2.62 bits per heavy atom. The average Bonchev–Trinajstić information content (AvgIpc) is 2.14. The van der Waals surface area contributed by atoms with Gasteiger partial charge in [0.15, 0.2) is 0 Å². The number of halogens is 2. The lowest BCUT2D eigenvalue weighted by atomic mass is 10.1. The Hall–Kier alpha value is -1.03. The van der Waals surface area contributed by atoms with Gasteiger partial charge in [-0.25, -0.2) is 0 Å². The predicted octanol–water partition coefficient (Wildman–Crippen LogP) is 3.04. The molecule has 0 aromatic heterocycles. The van der Waals surface area contributed by atoms with Crippen molar-refractivity contribution in [3.63, 3.8) is 0 Å². The van der Waals surface area contributed by atoms with Gasteiger partial charge in [-0.05, 0) is 27.6 Å². The van der Waals surface area contributed by atoms with Crippen LogP contribution in [-0.2, 0) is 6.42 Å². The smallest absolute Gasteiger partial charge is 0.100 e. The van der Waals surface area contributed by atoms with Gasteiger partial charge in [-0.15, -0.1) is 0 Å². The first kappa shape index (κ1) is 10.1. The maximum atomic E-state index is 8.66. The van der Waals surface area contributed by atoms with Crippen LogP contribution in [0.3, 0.4) is 0 Å². The molecule has 0 aliphatic rings. The summed E-state index contributed by atoms with van der Waals surface area (Å²) in [7, 11) is 0. The summed E-state index contributed by atoms with van der Waals surface area (Å²) in [6, 6.07) is 7.32. The van der Waals surface area contributed by atoms with Gasteiger partial charge in [-0.1, -0.05) is 17.7 Å². The first-order valence-corrected chi connectivity index (χ1v) is 4.61. The molecule has 0 amide bonds. The Labute approximate surface area is 89.5 Å². The molecular weight excluding hydrogens is 251 g/mol. The van der Waals surface area contributed by atoms with E-state index in [0.29, 0.717) is 15.1 Å². The van der Waals surface area contributed by atoms with Gasteiger partial charge in [0, 0.05) is 0 Å². The minimum absolute atomic E-state index is 0.253. The molecule has 1 aromatic rings. The van der Waals surface area contributed by atoms with E-state index in [9.17, 15) is 0 Å². The SMILES string of the molecule is N#CCc1ccc(C#N)c(Br)c1Cl. The summed E-state index contributed by atoms with van der Waals surface area (Å²) >= 11 is 9.10. The molecule has 4 heteroatoms. The van der Waals surface area contributed by atoms with Crippen LogP contribution in [-0.4, -0.2) is 0 Å². The van der Waals surface area contributed by atoms with E-state index in [-0.39, 0.29) is 6.42 Å². The molecule has 0 radical (unpaired) electrons. The Balaban J connectivity index is 3.27. The van der Waals surface area contributed by atoms with Gasteiger partial charge in [-0.3, -0.25) is 0 Å². The second kappa shape index (κ2) is 4.28. The third kappa shape index (κ3) is 2.01. The van der Waals surface area contributed by atoms with Crippen molar-refractivity contribution in [1.29, 1.82) is 10.5 Å². The molecule has 0 fully saturated rings. The van der Waals surface area contributed by atoms with Crippen LogP contribution in [0, 0.1) is 22.7 Å². The lowest BCUT2D eigenvalue weighted by Crippen LogP contribution is -1.87. The van der Waals surface area contributed by atoms with Crippen molar-refractivity contribution < 1.29 is 0 Å². The normalized spacial score (nSPS) is 8.92. The van der Waals surface area contributed by atoms with Gasteiger partial charge in [-0.2, -0.15) is 10.5 Å². The summed E-state index contributed by atoms with van der Waals surface area (Å²) in [5.41, 5.74) is 1.21. The van der Waals surface area contributed by atoms with Gasteiger partial charge in [0.2, 0.25) is 0 Å². The molecule has 1 aromatic carbocycles. The summed E-state index contributed by atoms with van der Waals surface area (Å²) in [6.45, 7) is 0. The highest BCUT2D eigenvalue weighted by Gasteiger charge is 2.08. The summed E-state index contributed by atoms with van der Waals surface area (Å²) < 4.78 is 0.560. The van der Waals surface area contributed by atoms with Gasteiger partial charge in [0.05, 0.1) is 27.5 Å². The van der Waals surface area contributed by atoms with E-state index in [2.05, 4.69) is 15.9 Å². The quantitative estimate of drug-likeness (QED) is 0.774. The Morgan fingerprint density at radius 1 is 1.38 bits per heavy atom. The van der Waals surface area contributed by atoms with Crippen LogP contribution in [0.2, 0.25) is 5.02 Å². The fourth-order valence-corrected chi connectivity index (χ4v) is 1.60. The van der Waals surface area contributed by atoms with E-state index in [4.69, 9.17) is 22.1 Å². The van der Waals surface area contributed by atoms with Crippen molar-refractivity contribution in [3.8, 4) is 12.1 Å². The highest BCUT2D eigenvalue weighted by Crippen LogP contribution is 2.29. The average molecular weight is 256 g/mol. The minimum Gasteiger partial charge on any atom is -0.198 e. The van der Waals surface area contributed by atoms with Gasteiger partial charge >= 0.3 is 0 Å². The number of rotatable bonds is 1. The highest BCUT2D eigenvalue weighted by molar-refractivity contribution is 9.10. The van der Waals surface area contributed by atoms with E-state index >= 15 is 0 Å². The van der Waals surface area contributed by atoms with Crippen LogP contribution >= 0.6 is 27.5 Å². The van der Waals surface area contributed by atoms with E-state index in [1.807, 2.05) is 12.1 Å². The predicted molar refractivity (Wildman–Crippen MR) is 53.2 cm³/mol. The fraction of sp³-hybridized carbons (Fsp3) is 0.111. The molecule has 64 valence electrons. The highest BCUT2D eigenvalue weighted by atomic mass is 79.9. The standard InChI is InChI=1S/C9H4BrClN2/c10-8-7(5-13)2-1-6(3-4-12)9(8)11/h1-2H,3H2. The first-order valence-electron chi connectivity index (χ1n) is 3.44. The van der Waals surface area contributed by atoms with Crippen molar-refractivity contribution in [1.82, 2.24) is 0 Å². The van der Waals surface area contributed by atoms with Gasteiger partial charge < -0.3 is 0 Å². The zero-order chi connectivity index (χ0) is 9.84. The van der Waals surface area contributed by atoms with Crippen LogP contribution in [0.25, 0.3) is 0 Å². The summed E-state index contributed by atoms with van der Waals surface area (Å²) in [6.07, 6.45) is 0.253. The molecular formula is C9H4BrClN2. The van der Waals surface area contributed by atoms with Crippen LogP contribution in [0.1, 0.15) is 11.1 Å². The Kier molecular flexibility index (Phi) is 3.31. The lowest BCUT2D eigenvalue weighted by Gasteiger charge is -2.02. The molecule has 0 heterocycles. The molecule has 0 atom stereocenters. The lowest BCUT2D eigenvalue weighted by molar-refractivity contribution is 1.25. The molecule has 1 rings (SSSR count). The van der Waals surface area contributed by atoms with Crippen LogP contribution < -0.4 is 0 Å². The van der Waals surface area contributed by atoms with Crippen LogP contribution in [0.4, 0.5) is 0 Å². The fourth-order valence-electron chi connectivity index (χ4n) is 0.897. The number of nitriles is 2. The molecule has 0 bridgehead atoms. The van der Waals surface area contributed by atoms with Gasteiger partial charge in [0.1, 0.15) is 6.07 Å². The largest absolute Gasteiger partial charge is 0.198 e. The second-order valence-electron chi connectivity index (χ2n) is 2.35. The molecule has 0 aliphatic heterocycles. The maximum absolute atomic E-state index is 8.66. The molecule has 0 unspecified atom stereocenters. The third-order valence-electron chi connectivity index (χ3n) is 1.55. The Morgan fingerprint density at radius 2 is 2.08 bits per heavy atom. The van der Waals surface area contributed by atoms with Crippen molar-refractivity contribution in [2.24, 2.45) is 0 Å². The van der Waals surface area contributed by atoms with Crippen LogP contribution in [0.5, 0.6) is 0 Å². The zero-order valence-corrected chi connectivity index (χ0v) is 8.85. The van der Waals surface area contributed by atoms with Crippen LogP contribution in [0.15, 0.2) is 16.6 Å². The number of hydrogen-bond donors (Lipinski definition) is 0. The van der Waals surface area contributed by atoms with Crippen molar-refractivity contribution in [2.75, 3.05) is 0 Å². The van der Waals surface area contributed by atoms with E-state index < -0.39 is 0 Å². The van der Waals surface area contributed by atoms with Crippen molar-refractivity contribution in [3.05, 3.63) is 32.8 Å². The summed E-state index contributed by atoms with van der Waals surface area (Å²) in [5.74, 6) is 0. The Bertz CT molecular complexity index is 415. The van der Waals surface area contributed by atoms with E-state index in [0.717, 1.165) is 5.56 Å². The third-order valence-corrected chi connectivity index (χ3v) is 3.04. The molecule has 0 N–H and O–H groups in total. The molecule has 2 nitrogen and oxygen atoms in total. The summed E-state index contributed by atoms with van der Waals surface area (Å²) in [4.78, 5) is 0. The zero-order valence-electron chi connectivity index (χ0n) is 6.51. The van der Waals surface area contributed by atoms with Gasteiger partial charge in [0.25, 0.3) is 0 Å². The maximum Gasteiger partial charge on any atom is 0.100 e. The topological polar surface area (TPSA) is 47.6 Å².